The fraction of sp³-hybridized carbons (Fsp3) is 0.929. The minimum Gasteiger partial charge on any atom is -0.447 e. The Balaban J connectivity index is 2.00. The van der Waals surface area contributed by atoms with Gasteiger partial charge in [0.25, 0.3) is 0 Å². The van der Waals surface area contributed by atoms with Gasteiger partial charge in [-0.1, -0.05) is 12.8 Å². The predicted molar refractivity (Wildman–Crippen MR) is 69.3 cm³/mol. The van der Waals surface area contributed by atoms with Crippen molar-refractivity contribution >= 4 is 6.09 Å². The standard InChI is InChI=1S/C14H25NO3/c1-10(2)18-14(17)15-9-5-7-12(15)11-6-3-4-8-13(11)16/h10-13,16H,3-9H2,1-2H3. The van der Waals surface area contributed by atoms with Gasteiger partial charge >= 0.3 is 6.09 Å². The van der Waals surface area contributed by atoms with Crippen molar-refractivity contribution in [1.29, 1.82) is 0 Å². The number of amides is 1. The lowest BCUT2D eigenvalue weighted by atomic mass is 9.80. The summed E-state index contributed by atoms with van der Waals surface area (Å²) in [5.74, 6) is 0.251. The van der Waals surface area contributed by atoms with Crippen molar-refractivity contribution in [2.24, 2.45) is 5.92 Å². The second-order valence-corrected chi connectivity index (χ2v) is 5.85. The van der Waals surface area contributed by atoms with Gasteiger partial charge in [-0.05, 0) is 39.5 Å². The van der Waals surface area contributed by atoms with Crippen molar-refractivity contribution in [2.45, 2.75) is 70.6 Å². The zero-order chi connectivity index (χ0) is 13.1. The first kappa shape index (κ1) is 13.7. The fourth-order valence-electron chi connectivity index (χ4n) is 3.32. The summed E-state index contributed by atoms with van der Waals surface area (Å²) < 4.78 is 5.30. The van der Waals surface area contributed by atoms with Crippen molar-refractivity contribution < 1.29 is 14.6 Å². The Kier molecular flexibility index (Phi) is 4.49. The summed E-state index contributed by atoms with van der Waals surface area (Å²) in [6.07, 6.45) is 5.73. The summed E-state index contributed by atoms with van der Waals surface area (Å²) in [5, 5.41) is 10.1. The van der Waals surface area contributed by atoms with Crippen molar-refractivity contribution in [3.05, 3.63) is 0 Å². The topological polar surface area (TPSA) is 49.8 Å². The van der Waals surface area contributed by atoms with E-state index in [4.69, 9.17) is 4.74 Å². The molecule has 0 bridgehead atoms. The molecular weight excluding hydrogens is 230 g/mol. The van der Waals surface area contributed by atoms with Crippen LogP contribution in [0.5, 0.6) is 0 Å². The van der Waals surface area contributed by atoms with Gasteiger partial charge in [-0.25, -0.2) is 4.79 Å². The third-order valence-corrected chi connectivity index (χ3v) is 4.15. The molecule has 3 unspecified atom stereocenters. The SMILES string of the molecule is CC(C)OC(=O)N1CCCC1C1CCCCC1O. The lowest BCUT2D eigenvalue weighted by Crippen LogP contribution is -2.45. The van der Waals surface area contributed by atoms with Crippen LogP contribution in [-0.4, -0.2) is 40.9 Å². The predicted octanol–water partition coefficient (Wildman–Crippen LogP) is 2.55. The van der Waals surface area contributed by atoms with E-state index in [1.807, 2.05) is 18.7 Å². The fourth-order valence-corrected chi connectivity index (χ4v) is 3.32. The van der Waals surface area contributed by atoms with Gasteiger partial charge in [0, 0.05) is 18.5 Å². The van der Waals surface area contributed by atoms with Crippen molar-refractivity contribution in [3.63, 3.8) is 0 Å². The minimum absolute atomic E-state index is 0.0740. The summed E-state index contributed by atoms with van der Waals surface area (Å²) in [4.78, 5) is 13.9. The van der Waals surface area contributed by atoms with Crippen LogP contribution >= 0.6 is 0 Å². The van der Waals surface area contributed by atoms with Crippen molar-refractivity contribution in [3.8, 4) is 0 Å². The number of rotatable bonds is 2. The molecule has 0 aromatic rings. The lowest BCUT2D eigenvalue weighted by molar-refractivity contribution is 0.0131. The third-order valence-electron chi connectivity index (χ3n) is 4.15. The maximum atomic E-state index is 12.0. The smallest absolute Gasteiger partial charge is 0.410 e. The molecule has 2 fully saturated rings. The first-order valence-electron chi connectivity index (χ1n) is 7.25. The van der Waals surface area contributed by atoms with Gasteiger partial charge < -0.3 is 14.7 Å². The van der Waals surface area contributed by atoms with Gasteiger partial charge in [-0.2, -0.15) is 0 Å². The molecule has 0 radical (unpaired) electrons. The number of ether oxygens (including phenoxy) is 1. The molecule has 3 atom stereocenters. The quantitative estimate of drug-likeness (QED) is 0.825. The number of aliphatic hydroxyl groups excluding tert-OH is 1. The Morgan fingerprint density at radius 2 is 1.94 bits per heavy atom. The van der Waals surface area contributed by atoms with Crippen LogP contribution in [0.4, 0.5) is 4.79 Å². The number of carbonyl (C=O) groups excluding carboxylic acids is 1. The molecule has 104 valence electrons. The molecule has 1 saturated carbocycles. The molecule has 1 amide bonds. The Hall–Kier alpha value is -0.770. The van der Waals surface area contributed by atoms with Crippen molar-refractivity contribution in [1.82, 2.24) is 4.90 Å². The van der Waals surface area contributed by atoms with Crippen molar-refractivity contribution in [2.75, 3.05) is 6.54 Å². The second-order valence-electron chi connectivity index (χ2n) is 5.85. The van der Waals surface area contributed by atoms with Crippen LogP contribution < -0.4 is 0 Å². The molecule has 2 aliphatic rings. The monoisotopic (exact) mass is 255 g/mol. The summed E-state index contributed by atoms with van der Waals surface area (Å²) in [6, 6.07) is 0.187. The van der Waals surface area contributed by atoms with Gasteiger partial charge in [0.2, 0.25) is 0 Å². The average Bonchev–Trinajstić information content (AvgIpc) is 2.77. The Labute approximate surface area is 109 Å². The summed E-state index contributed by atoms with van der Waals surface area (Å²) >= 11 is 0. The molecule has 1 heterocycles. The highest BCUT2D eigenvalue weighted by Crippen LogP contribution is 2.34. The van der Waals surface area contributed by atoms with E-state index < -0.39 is 0 Å². The number of nitrogens with zero attached hydrogens (tertiary/aromatic N) is 1. The normalized spacial score (nSPS) is 32.9. The van der Waals surface area contributed by atoms with E-state index in [1.54, 1.807) is 0 Å². The number of hydrogen-bond donors (Lipinski definition) is 1. The van der Waals surface area contributed by atoms with Crippen LogP contribution in [0.25, 0.3) is 0 Å². The maximum Gasteiger partial charge on any atom is 0.410 e. The highest BCUT2D eigenvalue weighted by atomic mass is 16.6. The van der Waals surface area contributed by atoms with Crippen LogP contribution in [0.2, 0.25) is 0 Å². The molecule has 1 N–H and O–H groups in total. The molecule has 4 heteroatoms. The first-order valence-corrected chi connectivity index (χ1v) is 7.25. The molecule has 0 aromatic heterocycles. The van der Waals surface area contributed by atoms with Gasteiger partial charge in [0.05, 0.1) is 12.2 Å². The van der Waals surface area contributed by atoms with Gasteiger partial charge in [-0.3, -0.25) is 0 Å². The average molecular weight is 255 g/mol. The van der Waals surface area contributed by atoms with Crippen LogP contribution in [0, 0.1) is 5.92 Å². The minimum atomic E-state index is -0.240. The first-order chi connectivity index (χ1) is 8.59. The lowest BCUT2D eigenvalue weighted by Gasteiger charge is -2.36. The molecule has 1 saturated heterocycles. The van der Waals surface area contributed by atoms with Crippen LogP contribution in [0.3, 0.4) is 0 Å². The second kappa shape index (κ2) is 5.91. The zero-order valence-corrected chi connectivity index (χ0v) is 11.5. The van der Waals surface area contributed by atoms with E-state index in [1.165, 1.54) is 6.42 Å². The van der Waals surface area contributed by atoms with E-state index >= 15 is 0 Å². The van der Waals surface area contributed by atoms with Gasteiger partial charge in [0.15, 0.2) is 0 Å². The summed E-state index contributed by atoms with van der Waals surface area (Å²) in [6.45, 7) is 4.52. The van der Waals surface area contributed by atoms with Gasteiger partial charge in [0.1, 0.15) is 0 Å². The number of aliphatic hydroxyl groups is 1. The molecule has 18 heavy (non-hydrogen) atoms. The van der Waals surface area contributed by atoms with E-state index in [0.29, 0.717) is 0 Å². The molecule has 1 aliphatic heterocycles. The summed E-state index contributed by atoms with van der Waals surface area (Å²) in [7, 11) is 0. The molecule has 0 aromatic carbocycles. The van der Waals surface area contributed by atoms with E-state index in [0.717, 1.165) is 38.6 Å². The van der Waals surface area contributed by atoms with E-state index in [-0.39, 0.29) is 30.3 Å². The van der Waals surface area contributed by atoms with Crippen LogP contribution in [0.1, 0.15) is 52.4 Å². The Morgan fingerprint density at radius 1 is 1.22 bits per heavy atom. The number of hydrogen-bond acceptors (Lipinski definition) is 3. The highest BCUT2D eigenvalue weighted by Gasteiger charge is 2.39. The number of likely N-dealkylation sites (tertiary alicyclic amines) is 1. The zero-order valence-electron chi connectivity index (χ0n) is 11.5. The highest BCUT2D eigenvalue weighted by molar-refractivity contribution is 5.68. The Morgan fingerprint density at radius 3 is 2.61 bits per heavy atom. The Bertz CT molecular complexity index is 293. The molecular formula is C14H25NO3. The maximum absolute atomic E-state index is 12.0. The molecule has 0 spiro atoms. The van der Waals surface area contributed by atoms with E-state index in [2.05, 4.69) is 0 Å². The number of carbonyl (C=O) groups is 1. The molecule has 1 aliphatic carbocycles. The van der Waals surface area contributed by atoms with Crippen LogP contribution in [0.15, 0.2) is 0 Å². The molecule has 4 nitrogen and oxygen atoms in total. The molecule has 2 rings (SSSR count). The largest absolute Gasteiger partial charge is 0.447 e. The van der Waals surface area contributed by atoms with Crippen LogP contribution in [-0.2, 0) is 4.74 Å². The summed E-state index contributed by atoms with van der Waals surface area (Å²) in [5.41, 5.74) is 0. The third kappa shape index (κ3) is 2.97. The van der Waals surface area contributed by atoms with Gasteiger partial charge in [-0.15, -0.1) is 0 Å². The van der Waals surface area contributed by atoms with E-state index in [9.17, 15) is 9.90 Å².